The van der Waals surface area contributed by atoms with Crippen molar-refractivity contribution in [2.75, 3.05) is 43.6 Å². The van der Waals surface area contributed by atoms with Crippen molar-refractivity contribution in [1.29, 1.82) is 0 Å². The van der Waals surface area contributed by atoms with Crippen molar-refractivity contribution in [1.82, 2.24) is 29.9 Å². The number of ether oxygens (including phenoxy) is 2. The van der Waals surface area contributed by atoms with E-state index in [0.717, 1.165) is 97.2 Å². The average molecular weight is 856 g/mol. The number of hydrogen-bond donors (Lipinski definition) is 1. The molecule has 1 N–H and O–H groups in total. The number of nitrogens with zero attached hydrogens (tertiary/aromatic N) is 7. The molecule has 0 radical (unpaired) electrons. The number of anilines is 3. The van der Waals surface area contributed by atoms with Crippen LogP contribution in [0.25, 0.3) is 55.8 Å². The molecule has 1 aliphatic rings. The Kier molecular flexibility index (Phi) is 12.1. The van der Waals surface area contributed by atoms with Crippen LogP contribution in [0.15, 0.2) is 104 Å². The second-order valence-corrected chi connectivity index (χ2v) is 15.7. The maximum atomic E-state index is 6.70. The molecule has 0 spiro atoms. The van der Waals surface area contributed by atoms with Gasteiger partial charge < -0.3 is 19.7 Å². The zero-order valence-corrected chi connectivity index (χ0v) is 36.0. The summed E-state index contributed by atoms with van der Waals surface area (Å²) < 4.78 is 11.0. The van der Waals surface area contributed by atoms with Gasteiger partial charge in [0.15, 0.2) is 0 Å². The normalized spacial score (nSPS) is 12.6. The lowest BCUT2D eigenvalue weighted by molar-refractivity contribution is 0.122. The van der Waals surface area contributed by atoms with E-state index < -0.39 is 0 Å². The third-order valence-corrected chi connectivity index (χ3v) is 11.5. The van der Waals surface area contributed by atoms with E-state index in [2.05, 4.69) is 43.1 Å². The summed E-state index contributed by atoms with van der Waals surface area (Å²) in [6, 6.07) is 23.5. The number of methoxy groups -OCH3 is 1. The van der Waals surface area contributed by atoms with E-state index in [1.165, 1.54) is 0 Å². The van der Waals surface area contributed by atoms with E-state index in [9.17, 15) is 0 Å². The first-order valence-electron chi connectivity index (χ1n) is 19.4. The highest BCUT2D eigenvalue weighted by Crippen LogP contribution is 2.40. The summed E-state index contributed by atoms with van der Waals surface area (Å²) in [7, 11) is 1.63. The van der Waals surface area contributed by atoms with Crippen molar-refractivity contribution in [2.24, 2.45) is 0 Å². The molecule has 7 heterocycles. The molecule has 10 nitrogen and oxygen atoms in total. The molecule has 2 aromatic carbocycles. The van der Waals surface area contributed by atoms with E-state index in [4.69, 9.17) is 54.2 Å². The minimum absolute atomic E-state index is 0.576. The van der Waals surface area contributed by atoms with Gasteiger partial charge in [-0.05, 0) is 92.9 Å². The van der Waals surface area contributed by atoms with Crippen LogP contribution in [0.2, 0.25) is 15.1 Å². The topological polar surface area (TPSA) is 111 Å². The van der Waals surface area contributed by atoms with Crippen molar-refractivity contribution in [3.05, 3.63) is 141 Å². The van der Waals surface area contributed by atoms with Gasteiger partial charge in [-0.3, -0.25) is 19.9 Å². The Morgan fingerprint density at radius 3 is 1.92 bits per heavy atom. The molecule has 6 aromatic heterocycles. The third-order valence-electron chi connectivity index (χ3n) is 10.4. The fourth-order valence-corrected chi connectivity index (χ4v) is 7.89. The summed E-state index contributed by atoms with van der Waals surface area (Å²) in [5, 5.41) is 7.36. The maximum Gasteiger partial charge on any atom is 0.137 e. The number of morpholine rings is 1. The monoisotopic (exact) mass is 854 g/mol. The Balaban J connectivity index is 0.000000208. The fourth-order valence-electron chi connectivity index (χ4n) is 7.21. The number of aromatic nitrogens is 6. The van der Waals surface area contributed by atoms with Crippen LogP contribution < -0.4 is 15.0 Å². The Hall–Kier alpha value is -5.91. The van der Waals surface area contributed by atoms with E-state index >= 15 is 0 Å². The van der Waals surface area contributed by atoms with Gasteiger partial charge in [-0.15, -0.1) is 0 Å². The predicted molar refractivity (Wildman–Crippen MR) is 244 cm³/mol. The van der Waals surface area contributed by atoms with Crippen LogP contribution in [0.3, 0.4) is 0 Å². The third kappa shape index (κ3) is 8.42. The van der Waals surface area contributed by atoms with Crippen LogP contribution in [0.4, 0.5) is 17.1 Å². The van der Waals surface area contributed by atoms with E-state index in [1.54, 1.807) is 31.9 Å². The van der Waals surface area contributed by atoms with Crippen LogP contribution in [-0.4, -0.2) is 63.3 Å². The lowest BCUT2D eigenvalue weighted by Crippen LogP contribution is -2.36. The number of halogens is 3. The molecule has 13 heteroatoms. The van der Waals surface area contributed by atoms with Crippen molar-refractivity contribution < 1.29 is 9.47 Å². The van der Waals surface area contributed by atoms with Gasteiger partial charge in [0.2, 0.25) is 0 Å². The number of benzene rings is 2. The molecular weight excluding hydrogens is 815 g/mol. The largest absolute Gasteiger partial charge is 0.495 e. The zero-order valence-electron chi connectivity index (χ0n) is 33.7. The van der Waals surface area contributed by atoms with Gasteiger partial charge in [0.1, 0.15) is 5.75 Å². The molecule has 0 saturated carbocycles. The molecule has 1 fully saturated rings. The van der Waals surface area contributed by atoms with Gasteiger partial charge >= 0.3 is 0 Å². The predicted octanol–water partition coefficient (Wildman–Crippen LogP) is 11.8. The fraction of sp³-hybridized carbons (Fsp3) is 0.191. The Morgan fingerprint density at radius 1 is 0.667 bits per heavy atom. The molecule has 0 atom stereocenters. The molecule has 1 saturated heterocycles. The maximum absolute atomic E-state index is 6.70. The summed E-state index contributed by atoms with van der Waals surface area (Å²) in [5.74, 6) is 0.660. The number of rotatable bonds is 7. The van der Waals surface area contributed by atoms with Crippen molar-refractivity contribution >= 4 is 73.7 Å². The van der Waals surface area contributed by atoms with Gasteiger partial charge in [0.25, 0.3) is 0 Å². The first kappa shape index (κ1) is 40.9. The summed E-state index contributed by atoms with van der Waals surface area (Å²) in [6.45, 7) is 11.1. The van der Waals surface area contributed by atoms with E-state index in [-0.39, 0.29) is 0 Å². The minimum atomic E-state index is 0.576. The smallest absolute Gasteiger partial charge is 0.137 e. The van der Waals surface area contributed by atoms with Crippen molar-refractivity contribution in [3.8, 4) is 39.8 Å². The summed E-state index contributed by atoms with van der Waals surface area (Å²) in [6.07, 6.45) is 8.96. The average Bonchev–Trinajstić information content (AvgIpc) is 3.26. The second kappa shape index (κ2) is 17.7. The van der Waals surface area contributed by atoms with Gasteiger partial charge in [-0.25, -0.2) is 9.97 Å². The molecule has 60 heavy (non-hydrogen) atoms. The van der Waals surface area contributed by atoms with Gasteiger partial charge in [-0.1, -0.05) is 59.1 Å². The summed E-state index contributed by atoms with van der Waals surface area (Å²) in [5.41, 5.74) is 13.0. The Bertz CT molecular complexity index is 2890. The number of fused-ring (bicyclic) bond motifs is 2. The van der Waals surface area contributed by atoms with Crippen LogP contribution in [-0.2, 0) is 4.74 Å². The van der Waals surface area contributed by atoms with E-state index in [1.807, 2.05) is 93.7 Å². The number of nitrogens with one attached hydrogen (secondary N) is 1. The summed E-state index contributed by atoms with van der Waals surface area (Å²) >= 11 is 19.4. The quantitative estimate of drug-likeness (QED) is 0.166. The van der Waals surface area contributed by atoms with Crippen LogP contribution >= 0.6 is 34.8 Å². The first-order chi connectivity index (χ1) is 29.1. The number of hydrogen-bond acceptors (Lipinski definition) is 10. The van der Waals surface area contributed by atoms with Gasteiger partial charge in [-0.2, -0.15) is 0 Å². The first-order valence-corrected chi connectivity index (χ1v) is 20.5. The molecular formula is C47H41Cl3N8O2. The highest BCUT2D eigenvalue weighted by Gasteiger charge is 2.21. The number of pyridine rings is 6. The molecule has 0 aliphatic carbocycles. The van der Waals surface area contributed by atoms with Crippen molar-refractivity contribution in [2.45, 2.75) is 27.7 Å². The molecule has 1 aliphatic heterocycles. The van der Waals surface area contributed by atoms with E-state index in [0.29, 0.717) is 45.1 Å². The number of aryl methyl sites for hydroxylation is 2. The molecule has 0 unspecified atom stereocenters. The summed E-state index contributed by atoms with van der Waals surface area (Å²) in [4.78, 5) is 30.2. The Labute approximate surface area is 363 Å². The van der Waals surface area contributed by atoms with Crippen LogP contribution in [0.1, 0.15) is 22.3 Å². The molecule has 9 rings (SSSR count). The Morgan fingerprint density at radius 2 is 1.28 bits per heavy atom. The van der Waals surface area contributed by atoms with Gasteiger partial charge in [0, 0.05) is 53.6 Å². The van der Waals surface area contributed by atoms with Crippen LogP contribution in [0, 0.1) is 27.7 Å². The zero-order chi connectivity index (χ0) is 41.9. The lowest BCUT2D eigenvalue weighted by atomic mass is 10.0. The molecule has 0 amide bonds. The SMILES string of the molecule is COc1cncc(-c2ncc(N3CCOCC3)cc2Nc2c(C)c(-c3cc(C)ccn3)nc3c(Cl)cccc23)c1.Cc1ccnc(-c2nc3c(Cl)cccc3c(Cl)c2C)c1. The lowest BCUT2D eigenvalue weighted by Gasteiger charge is -2.29. The van der Waals surface area contributed by atoms with Gasteiger partial charge in [0.05, 0.1) is 104 Å². The standard InChI is InChI=1S/C31H29ClN6O2.C16H12Cl2N2/c1-19-7-8-34-26(13-19)29-20(2)28(24-5-4-6-25(32)31(24)37-29)36-27-15-22(38-9-11-40-12-10-38)17-35-30(27)21-14-23(39-3)18-33-16-21;1-9-6-7-19-13(8-9)15-10(2)14(18)11-4-3-5-12(17)16(11)20-15/h4-8,13-18H,9-12H2,1-3H3,(H,36,37);3-8H,1-2H3. The molecule has 302 valence electrons. The van der Waals surface area contributed by atoms with Crippen LogP contribution in [0.5, 0.6) is 5.75 Å². The molecule has 0 bridgehead atoms. The minimum Gasteiger partial charge on any atom is -0.495 e. The molecule has 8 aromatic rings. The highest BCUT2D eigenvalue weighted by atomic mass is 35.5. The number of para-hydroxylation sites is 2. The second-order valence-electron chi connectivity index (χ2n) is 14.5. The van der Waals surface area contributed by atoms with Crippen molar-refractivity contribution in [3.63, 3.8) is 0 Å². The highest BCUT2D eigenvalue weighted by molar-refractivity contribution is 6.40.